The zero-order valence-corrected chi connectivity index (χ0v) is 15.4. The number of unbranched alkanes of at least 4 members (excludes halogenated alkanes) is 1. The third-order valence-corrected chi connectivity index (χ3v) is 2.86. The van der Waals surface area contributed by atoms with Gasteiger partial charge in [0.1, 0.15) is 5.75 Å². The summed E-state index contributed by atoms with van der Waals surface area (Å²) in [5.74, 6) is 1.02. The first-order valence-corrected chi connectivity index (χ1v) is 7.13. The van der Waals surface area contributed by atoms with Crippen LogP contribution in [0, 0.1) is 0 Å². The Morgan fingerprint density at radius 2 is 1.86 bits per heavy atom. The smallest absolute Gasteiger partial charge is 0.251 e. The first-order valence-electron chi connectivity index (χ1n) is 7.13. The highest BCUT2D eigenvalue weighted by Gasteiger charge is 2.04. The summed E-state index contributed by atoms with van der Waals surface area (Å²) in [6.07, 6.45) is 2.12. The van der Waals surface area contributed by atoms with E-state index in [9.17, 15) is 4.79 Å². The molecular weight excluding hydrogens is 395 g/mol. The fourth-order valence-corrected chi connectivity index (χ4v) is 1.62. The van der Waals surface area contributed by atoms with Gasteiger partial charge in [-0.25, -0.2) is 0 Å². The first kappa shape index (κ1) is 20.5. The molecule has 1 amide bonds. The Hall–Kier alpha value is -1.51. The monoisotopic (exact) mass is 420 g/mol. The van der Waals surface area contributed by atoms with Crippen LogP contribution in [0.2, 0.25) is 0 Å². The molecule has 0 aromatic heterocycles. The van der Waals surface area contributed by atoms with Crippen LogP contribution in [0.1, 0.15) is 30.1 Å². The lowest BCUT2D eigenvalue weighted by molar-refractivity contribution is 0.0954. The molecule has 0 fully saturated rings. The number of methoxy groups -OCH3 is 1. The van der Waals surface area contributed by atoms with E-state index in [2.05, 4.69) is 22.5 Å². The molecule has 1 aromatic carbocycles. The maximum Gasteiger partial charge on any atom is 0.251 e. The van der Waals surface area contributed by atoms with Crippen molar-refractivity contribution >= 4 is 35.8 Å². The van der Waals surface area contributed by atoms with Crippen LogP contribution in [0.15, 0.2) is 29.3 Å². The standard InChI is InChI=1S/C15H24N4O2.HI/c1-3-4-9-18-15(16)19-11-10-17-14(20)12-5-7-13(21-2)8-6-12;/h5-8H,3-4,9-11H2,1-2H3,(H,17,20)(H3,16,18,19);1H. The van der Waals surface area contributed by atoms with Gasteiger partial charge >= 0.3 is 0 Å². The number of ether oxygens (including phenoxy) is 1. The van der Waals surface area contributed by atoms with Crippen LogP contribution in [0.3, 0.4) is 0 Å². The summed E-state index contributed by atoms with van der Waals surface area (Å²) in [6, 6.07) is 6.96. The zero-order valence-electron chi connectivity index (χ0n) is 13.1. The van der Waals surface area contributed by atoms with Crippen LogP contribution >= 0.6 is 24.0 Å². The van der Waals surface area contributed by atoms with Crippen molar-refractivity contribution in [1.82, 2.24) is 10.6 Å². The lowest BCUT2D eigenvalue weighted by atomic mass is 10.2. The molecule has 1 aromatic rings. The van der Waals surface area contributed by atoms with Gasteiger partial charge < -0.3 is 21.1 Å². The van der Waals surface area contributed by atoms with Gasteiger partial charge in [-0.15, -0.1) is 24.0 Å². The van der Waals surface area contributed by atoms with Crippen LogP contribution < -0.4 is 21.1 Å². The Balaban J connectivity index is 0.00000441. The molecule has 124 valence electrons. The van der Waals surface area contributed by atoms with Crippen molar-refractivity contribution in [1.29, 1.82) is 0 Å². The Bertz CT molecular complexity index is 463. The maximum atomic E-state index is 11.9. The van der Waals surface area contributed by atoms with E-state index in [1.54, 1.807) is 31.4 Å². The highest BCUT2D eigenvalue weighted by molar-refractivity contribution is 14.0. The van der Waals surface area contributed by atoms with Crippen LogP contribution in [-0.2, 0) is 0 Å². The molecular formula is C15H25IN4O2. The minimum atomic E-state index is -0.124. The first-order chi connectivity index (χ1) is 10.2. The number of guanidine groups is 1. The molecule has 0 aliphatic rings. The van der Waals surface area contributed by atoms with E-state index in [-0.39, 0.29) is 29.9 Å². The van der Waals surface area contributed by atoms with Crippen molar-refractivity contribution in [3.05, 3.63) is 29.8 Å². The maximum absolute atomic E-state index is 11.9. The molecule has 0 spiro atoms. The third-order valence-electron chi connectivity index (χ3n) is 2.86. The molecule has 0 radical (unpaired) electrons. The summed E-state index contributed by atoms with van der Waals surface area (Å²) in [7, 11) is 1.59. The van der Waals surface area contributed by atoms with Gasteiger partial charge in [-0.3, -0.25) is 9.79 Å². The van der Waals surface area contributed by atoms with E-state index in [0.29, 0.717) is 24.6 Å². The molecule has 0 aliphatic carbocycles. The van der Waals surface area contributed by atoms with Crippen LogP contribution in [0.5, 0.6) is 5.75 Å². The fraction of sp³-hybridized carbons (Fsp3) is 0.467. The van der Waals surface area contributed by atoms with Gasteiger partial charge in [-0.1, -0.05) is 13.3 Å². The molecule has 0 unspecified atom stereocenters. The van der Waals surface area contributed by atoms with E-state index in [0.717, 1.165) is 25.1 Å². The second kappa shape index (κ2) is 12.1. The van der Waals surface area contributed by atoms with Gasteiger partial charge in [0.2, 0.25) is 0 Å². The summed E-state index contributed by atoms with van der Waals surface area (Å²) in [5, 5.41) is 5.77. The summed E-state index contributed by atoms with van der Waals surface area (Å²) in [4.78, 5) is 16.0. The largest absolute Gasteiger partial charge is 0.497 e. The van der Waals surface area contributed by atoms with E-state index in [1.165, 1.54) is 0 Å². The number of carbonyl (C=O) groups is 1. The van der Waals surface area contributed by atoms with Crippen LogP contribution in [0.4, 0.5) is 0 Å². The van der Waals surface area contributed by atoms with E-state index in [4.69, 9.17) is 10.5 Å². The third kappa shape index (κ3) is 8.06. The van der Waals surface area contributed by atoms with Gasteiger partial charge in [0.15, 0.2) is 5.96 Å². The molecule has 4 N–H and O–H groups in total. The summed E-state index contributed by atoms with van der Waals surface area (Å²) in [5.41, 5.74) is 6.28. The van der Waals surface area contributed by atoms with Crippen molar-refractivity contribution in [3.8, 4) is 5.75 Å². The normalized spacial score (nSPS) is 10.5. The summed E-state index contributed by atoms with van der Waals surface area (Å²) < 4.78 is 5.05. The quantitative estimate of drug-likeness (QED) is 0.259. The topological polar surface area (TPSA) is 88.7 Å². The summed E-state index contributed by atoms with van der Waals surface area (Å²) in [6.45, 7) is 3.86. The minimum Gasteiger partial charge on any atom is -0.497 e. The molecule has 22 heavy (non-hydrogen) atoms. The van der Waals surface area contributed by atoms with Crippen LogP contribution in [0.25, 0.3) is 0 Å². The molecule has 1 rings (SSSR count). The van der Waals surface area contributed by atoms with Gasteiger partial charge in [0, 0.05) is 25.2 Å². The Labute approximate surface area is 148 Å². The Morgan fingerprint density at radius 1 is 1.23 bits per heavy atom. The number of nitrogens with zero attached hydrogens (tertiary/aromatic N) is 1. The van der Waals surface area contributed by atoms with Gasteiger partial charge in [-0.2, -0.15) is 0 Å². The van der Waals surface area contributed by atoms with Crippen LogP contribution in [-0.4, -0.2) is 38.6 Å². The van der Waals surface area contributed by atoms with Gasteiger partial charge in [0.05, 0.1) is 7.11 Å². The zero-order chi connectivity index (χ0) is 15.5. The van der Waals surface area contributed by atoms with E-state index < -0.39 is 0 Å². The number of halogens is 1. The number of nitrogens with one attached hydrogen (secondary N) is 2. The van der Waals surface area contributed by atoms with Crippen molar-refractivity contribution in [2.75, 3.05) is 26.7 Å². The highest BCUT2D eigenvalue weighted by atomic mass is 127. The second-order valence-corrected chi connectivity index (χ2v) is 4.53. The van der Waals surface area contributed by atoms with Crippen molar-refractivity contribution in [2.24, 2.45) is 10.7 Å². The molecule has 0 atom stereocenters. The SMILES string of the molecule is CCCCN=C(N)NCCNC(=O)c1ccc(OC)cc1.I. The highest BCUT2D eigenvalue weighted by Crippen LogP contribution is 2.10. The number of hydrogen-bond donors (Lipinski definition) is 3. The number of rotatable bonds is 8. The Kier molecular flexibility index (Phi) is 11.2. The Morgan fingerprint density at radius 3 is 2.45 bits per heavy atom. The average Bonchev–Trinajstić information content (AvgIpc) is 2.51. The molecule has 6 nitrogen and oxygen atoms in total. The molecule has 0 heterocycles. The van der Waals surface area contributed by atoms with Crippen molar-refractivity contribution in [2.45, 2.75) is 19.8 Å². The van der Waals surface area contributed by atoms with Crippen molar-refractivity contribution in [3.63, 3.8) is 0 Å². The molecule has 0 saturated heterocycles. The average molecular weight is 420 g/mol. The molecule has 0 bridgehead atoms. The van der Waals surface area contributed by atoms with Gasteiger partial charge in [0.25, 0.3) is 5.91 Å². The number of benzene rings is 1. The number of hydrogen-bond acceptors (Lipinski definition) is 3. The second-order valence-electron chi connectivity index (χ2n) is 4.53. The number of aliphatic imine (C=N–C) groups is 1. The summed E-state index contributed by atoms with van der Waals surface area (Å²) >= 11 is 0. The minimum absolute atomic E-state index is 0. The molecule has 0 aliphatic heterocycles. The number of carbonyl (C=O) groups excluding carboxylic acids is 1. The predicted octanol–water partition coefficient (Wildman–Crippen LogP) is 1.75. The molecule has 7 heteroatoms. The van der Waals surface area contributed by atoms with E-state index >= 15 is 0 Å². The number of nitrogens with two attached hydrogens (primary N) is 1. The lowest BCUT2D eigenvalue weighted by Gasteiger charge is -2.08. The predicted molar refractivity (Wildman–Crippen MR) is 100 cm³/mol. The molecule has 0 saturated carbocycles. The van der Waals surface area contributed by atoms with Crippen molar-refractivity contribution < 1.29 is 9.53 Å². The van der Waals surface area contributed by atoms with E-state index in [1.807, 2.05) is 0 Å². The lowest BCUT2D eigenvalue weighted by Crippen LogP contribution is -2.38. The van der Waals surface area contributed by atoms with Gasteiger partial charge in [-0.05, 0) is 30.7 Å². The number of amides is 1. The fourth-order valence-electron chi connectivity index (χ4n) is 1.62.